The second-order valence-corrected chi connectivity index (χ2v) is 7.30. The van der Waals surface area contributed by atoms with Crippen LogP contribution in [0.2, 0.25) is 0 Å². The van der Waals surface area contributed by atoms with Crippen molar-refractivity contribution in [2.24, 2.45) is 0 Å². The lowest BCUT2D eigenvalue weighted by Crippen LogP contribution is -2.41. The Kier molecular flexibility index (Phi) is 5.35. The molecule has 6 heteroatoms. The van der Waals surface area contributed by atoms with Crippen LogP contribution in [0.1, 0.15) is 44.6 Å². The molecule has 4 nitrogen and oxygen atoms in total. The lowest BCUT2D eigenvalue weighted by molar-refractivity contribution is 0.261. The largest absolute Gasteiger partial charge is 0.392 e. The topological polar surface area (TPSA) is 57.6 Å². The summed E-state index contributed by atoms with van der Waals surface area (Å²) in [6, 6.07) is 3.63. The molecule has 21 heavy (non-hydrogen) atoms. The molecule has 118 valence electrons. The molecule has 0 amide bonds. The first kappa shape index (κ1) is 16.4. The van der Waals surface area contributed by atoms with Gasteiger partial charge in [0.25, 0.3) is 0 Å². The molecule has 1 aromatic rings. The summed E-state index contributed by atoms with van der Waals surface area (Å²) in [5, 5.41) is 9.10. The van der Waals surface area contributed by atoms with Gasteiger partial charge in [0, 0.05) is 18.2 Å². The highest BCUT2D eigenvalue weighted by Crippen LogP contribution is 2.28. The summed E-state index contributed by atoms with van der Waals surface area (Å²) in [6.07, 6.45) is 4.99. The van der Waals surface area contributed by atoms with Crippen LogP contribution in [-0.2, 0) is 16.6 Å². The second kappa shape index (κ2) is 6.85. The molecule has 0 unspecified atom stereocenters. The van der Waals surface area contributed by atoms with Crippen molar-refractivity contribution < 1.29 is 17.9 Å². The van der Waals surface area contributed by atoms with E-state index >= 15 is 0 Å². The molecule has 0 radical (unpaired) electrons. The fourth-order valence-electron chi connectivity index (χ4n) is 2.96. The number of halogens is 1. The summed E-state index contributed by atoms with van der Waals surface area (Å²) in [7, 11) is -3.64. The third kappa shape index (κ3) is 3.44. The molecule has 1 fully saturated rings. The third-order valence-electron chi connectivity index (χ3n) is 4.09. The number of nitrogens with zero attached hydrogens (tertiary/aromatic N) is 1. The summed E-state index contributed by atoms with van der Waals surface area (Å²) in [5.74, 6) is -0.586. The van der Waals surface area contributed by atoms with Gasteiger partial charge in [0.1, 0.15) is 5.82 Å². The van der Waals surface area contributed by atoms with Crippen molar-refractivity contribution in [1.82, 2.24) is 4.31 Å². The monoisotopic (exact) mass is 315 g/mol. The Bertz CT molecular complexity index is 583. The van der Waals surface area contributed by atoms with Crippen LogP contribution in [0.3, 0.4) is 0 Å². The minimum atomic E-state index is -3.64. The maximum atomic E-state index is 13.4. The summed E-state index contributed by atoms with van der Waals surface area (Å²) in [5.41, 5.74) is 0.00997. The summed E-state index contributed by atoms with van der Waals surface area (Å²) >= 11 is 0. The number of hydrogen-bond acceptors (Lipinski definition) is 3. The highest BCUT2D eigenvalue weighted by Gasteiger charge is 2.31. The van der Waals surface area contributed by atoms with Crippen molar-refractivity contribution in [3.8, 4) is 0 Å². The van der Waals surface area contributed by atoms with Crippen LogP contribution in [0, 0.1) is 5.82 Å². The van der Waals surface area contributed by atoms with Crippen LogP contribution >= 0.6 is 0 Å². The van der Waals surface area contributed by atoms with Crippen molar-refractivity contribution >= 4 is 10.0 Å². The first-order valence-electron chi connectivity index (χ1n) is 7.41. The van der Waals surface area contributed by atoms with Gasteiger partial charge in [-0.3, -0.25) is 0 Å². The number of hydrogen-bond donors (Lipinski definition) is 1. The van der Waals surface area contributed by atoms with E-state index in [1.54, 1.807) is 0 Å². The Morgan fingerprint density at radius 2 is 1.95 bits per heavy atom. The molecule has 1 aliphatic rings. The average molecular weight is 315 g/mol. The second-order valence-electron chi connectivity index (χ2n) is 5.41. The van der Waals surface area contributed by atoms with E-state index in [0.29, 0.717) is 6.54 Å². The average Bonchev–Trinajstić information content (AvgIpc) is 2.49. The van der Waals surface area contributed by atoms with Crippen LogP contribution in [0.4, 0.5) is 4.39 Å². The highest BCUT2D eigenvalue weighted by atomic mass is 32.2. The maximum absolute atomic E-state index is 13.4. The Morgan fingerprint density at radius 3 is 2.52 bits per heavy atom. The Labute approximate surface area is 125 Å². The lowest BCUT2D eigenvalue weighted by atomic mass is 9.95. The van der Waals surface area contributed by atoms with E-state index in [2.05, 4.69) is 0 Å². The SMILES string of the molecule is CCN(C1CCCCC1)S(=O)(=O)c1ccc(F)c(CO)c1. The number of aliphatic hydroxyl groups is 1. The fourth-order valence-corrected chi connectivity index (χ4v) is 4.71. The zero-order chi connectivity index (χ0) is 15.5. The highest BCUT2D eigenvalue weighted by molar-refractivity contribution is 7.89. The molecule has 1 N–H and O–H groups in total. The molecule has 0 saturated heterocycles. The van der Waals surface area contributed by atoms with E-state index in [1.165, 1.54) is 16.4 Å². The molecule has 1 aromatic carbocycles. The predicted molar refractivity (Wildman–Crippen MR) is 78.8 cm³/mol. The minimum absolute atomic E-state index is 0.00997. The third-order valence-corrected chi connectivity index (χ3v) is 6.11. The summed E-state index contributed by atoms with van der Waals surface area (Å²) in [4.78, 5) is 0.0559. The molecule has 0 heterocycles. The van der Waals surface area contributed by atoms with Crippen LogP contribution in [0.5, 0.6) is 0 Å². The molecule has 0 bridgehead atoms. The molecule has 1 aliphatic carbocycles. The first-order valence-corrected chi connectivity index (χ1v) is 8.85. The van der Waals surface area contributed by atoms with Gasteiger partial charge in [0.15, 0.2) is 0 Å². The molecule has 2 rings (SSSR count). The van der Waals surface area contributed by atoms with E-state index in [0.717, 1.165) is 38.2 Å². The zero-order valence-electron chi connectivity index (χ0n) is 12.3. The molecule has 0 aliphatic heterocycles. The maximum Gasteiger partial charge on any atom is 0.243 e. The number of aliphatic hydroxyl groups excluding tert-OH is 1. The number of benzene rings is 1. The fraction of sp³-hybridized carbons (Fsp3) is 0.600. The van der Waals surface area contributed by atoms with Gasteiger partial charge >= 0.3 is 0 Å². The van der Waals surface area contributed by atoms with Gasteiger partial charge in [-0.25, -0.2) is 12.8 Å². The minimum Gasteiger partial charge on any atom is -0.392 e. The lowest BCUT2D eigenvalue weighted by Gasteiger charge is -2.32. The zero-order valence-corrected chi connectivity index (χ0v) is 13.1. The van der Waals surface area contributed by atoms with E-state index in [-0.39, 0.29) is 16.5 Å². The number of sulfonamides is 1. The normalized spacial score (nSPS) is 17.3. The van der Waals surface area contributed by atoms with Crippen molar-refractivity contribution in [2.75, 3.05) is 6.54 Å². The molecular formula is C15H22FNO3S. The van der Waals surface area contributed by atoms with E-state index in [9.17, 15) is 12.8 Å². The van der Waals surface area contributed by atoms with Crippen LogP contribution in [0.25, 0.3) is 0 Å². The van der Waals surface area contributed by atoms with Crippen LogP contribution in [-0.4, -0.2) is 30.4 Å². The molecule has 0 atom stereocenters. The number of rotatable bonds is 5. The van der Waals surface area contributed by atoms with Gasteiger partial charge in [0.2, 0.25) is 10.0 Å². The van der Waals surface area contributed by atoms with Crippen LogP contribution < -0.4 is 0 Å². The van der Waals surface area contributed by atoms with E-state index in [4.69, 9.17) is 5.11 Å². The van der Waals surface area contributed by atoms with Gasteiger partial charge in [0.05, 0.1) is 11.5 Å². The quantitative estimate of drug-likeness (QED) is 0.909. The molecule has 1 saturated carbocycles. The van der Waals surface area contributed by atoms with Gasteiger partial charge in [-0.2, -0.15) is 4.31 Å². The molecule has 0 spiro atoms. The molecular weight excluding hydrogens is 293 g/mol. The Hall–Kier alpha value is -0.980. The summed E-state index contributed by atoms with van der Waals surface area (Å²) in [6.45, 7) is 1.71. The van der Waals surface area contributed by atoms with Crippen molar-refractivity contribution in [2.45, 2.75) is 56.6 Å². The smallest absolute Gasteiger partial charge is 0.243 e. The van der Waals surface area contributed by atoms with Crippen molar-refractivity contribution in [3.63, 3.8) is 0 Å². The van der Waals surface area contributed by atoms with Crippen molar-refractivity contribution in [3.05, 3.63) is 29.6 Å². The standard InChI is InChI=1S/C15H22FNO3S/c1-2-17(13-6-4-3-5-7-13)21(19,20)14-8-9-15(16)12(10-14)11-18/h8-10,13,18H,2-7,11H2,1H3. The van der Waals surface area contributed by atoms with Crippen molar-refractivity contribution in [1.29, 1.82) is 0 Å². The molecule has 0 aromatic heterocycles. The van der Waals surface area contributed by atoms with E-state index < -0.39 is 22.4 Å². The van der Waals surface area contributed by atoms with E-state index in [1.807, 2.05) is 6.92 Å². The van der Waals surface area contributed by atoms with Gasteiger partial charge in [-0.15, -0.1) is 0 Å². The van der Waals surface area contributed by atoms with Gasteiger partial charge < -0.3 is 5.11 Å². The Morgan fingerprint density at radius 1 is 1.29 bits per heavy atom. The first-order chi connectivity index (χ1) is 10.0. The summed E-state index contributed by atoms with van der Waals surface area (Å²) < 4.78 is 40.5. The van der Waals surface area contributed by atoms with Gasteiger partial charge in [-0.1, -0.05) is 26.2 Å². The Balaban J connectivity index is 2.34. The predicted octanol–water partition coefficient (Wildman–Crippen LogP) is 2.66. The van der Waals surface area contributed by atoms with Crippen LogP contribution in [0.15, 0.2) is 23.1 Å². The van der Waals surface area contributed by atoms with Gasteiger partial charge in [-0.05, 0) is 31.0 Å².